The average molecular weight is 226 g/mol. The third-order valence-corrected chi connectivity index (χ3v) is 2.33. The zero-order chi connectivity index (χ0) is 11.8. The van der Waals surface area contributed by atoms with Crippen molar-refractivity contribution in [1.29, 1.82) is 0 Å². The van der Waals surface area contributed by atoms with Gasteiger partial charge in [0, 0.05) is 25.3 Å². The second-order valence-corrected chi connectivity index (χ2v) is 4.07. The number of aryl methyl sites for hydroxylation is 1. The fourth-order valence-corrected chi connectivity index (χ4v) is 1.27. The van der Waals surface area contributed by atoms with Crippen LogP contribution in [0.2, 0.25) is 0 Å². The predicted molar refractivity (Wildman–Crippen MR) is 64.4 cm³/mol. The van der Waals surface area contributed by atoms with Gasteiger partial charge in [-0.3, -0.25) is 0 Å². The van der Waals surface area contributed by atoms with Gasteiger partial charge in [-0.25, -0.2) is 4.98 Å². The number of likely N-dealkylation sites (N-methyl/N-ethyl adjacent to an activating group) is 1. The summed E-state index contributed by atoms with van der Waals surface area (Å²) in [6, 6.07) is 0. The Hall–Kier alpha value is -0.910. The van der Waals surface area contributed by atoms with E-state index in [9.17, 15) is 0 Å². The molecule has 0 saturated carbocycles. The smallest absolute Gasteiger partial charge is 0.0925 e. The fourth-order valence-electron chi connectivity index (χ4n) is 1.27. The van der Waals surface area contributed by atoms with Crippen LogP contribution in [0, 0.1) is 6.92 Å². The maximum Gasteiger partial charge on any atom is 0.0925 e. The number of nitrogens with zero attached hydrogens (tertiary/aromatic N) is 2. The van der Waals surface area contributed by atoms with Crippen molar-refractivity contribution in [3.63, 3.8) is 0 Å². The molecule has 0 bridgehead atoms. The van der Waals surface area contributed by atoms with E-state index in [-0.39, 0.29) is 0 Å². The summed E-state index contributed by atoms with van der Waals surface area (Å²) in [6.45, 7) is 6.19. The minimum Gasteiger partial charge on any atom is -0.379 e. The molecule has 0 aliphatic heterocycles. The van der Waals surface area contributed by atoms with Crippen molar-refractivity contribution in [2.24, 2.45) is 0 Å². The zero-order valence-electron chi connectivity index (χ0n) is 10.4. The molecule has 92 valence electrons. The second kappa shape index (κ2) is 7.38. The van der Waals surface area contributed by atoms with Crippen LogP contribution in [0.4, 0.5) is 0 Å². The minimum absolute atomic E-state index is 0.747. The van der Waals surface area contributed by atoms with Crippen molar-refractivity contribution >= 4 is 0 Å². The van der Waals surface area contributed by atoms with Crippen LogP contribution in [-0.2, 0) is 11.3 Å². The van der Waals surface area contributed by atoms with Gasteiger partial charge in [-0.1, -0.05) is 0 Å². The first-order chi connectivity index (χ1) is 7.70. The normalized spacial score (nSPS) is 11.2. The summed E-state index contributed by atoms with van der Waals surface area (Å²) in [5.41, 5.74) is 2.20. The molecule has 0 spiro atoms. The summed E-state index contributed by atoms with van der Waals surface area (Å²) in [5, 5.41) is 3.30. The van der Waals surface area contributed by atoms with Crippen LogP contribution in [-0.4, -0.2) is 55.3 Å². The number of imidazole rings is 1. The van der Waals surface area contributed by atoms with Gasteiger partial charge >= 0.3 is 0 Å². The quantitative estimate of drug-likeness (QED) is 0.630. The van der Waals surface area contributed by atoms with E-state index in [0.29, 0.717) is 0 Å². The lowest BCUT2D eigenvalue weighted by Crippen LogP contribution is -2.23. The zero-order valence-corrected chi connectivity index (χ0v) is 10.4. The molecule has 0 fully saturated rings. The number of rotatable bonds is 8. The van der Waals surface area contributed by atoms with E-state index in [1.54, 1.807) is 6.33 Å². The molecule has 16 heavy (non-hydrogen) atoms. The summed E-state index contributed by atoms with van der Waals surface area (Å²) in [6.07, 6.45) is 1.72. The van der Waals surface area contributed by atoms with Gasteiger partial charge in [-0.2, -0.15) is 0 Å². The molecule has 0 saturated heterocycles. The van der Waals surface area contributed by atoms with Crippen LogP contribution in [0.25, 0.3) is 0 Å². The van der Waals surface area contributed by atoms with Gasteiger partial charge in [0.2, 0.25) is 0 Å². The number of H-pyrrole nitrogens is 1. The van der Waals surface area contributed by atoms with Gasteiger partial charge in [0.05, 0.1) is 25.2 Å². The van der Waals surface area contributed by atoms with Crippen LogP contribution in [0.1, 0.15) is 11.4 Å². The van der Waals surface area contributed by atoms with Gasteiger partial charge < -0.3 is 19.9 Å². The topological polar surface area (TPSA) is 53.2 Å². The molecular weight excluding hydrogens is 204 g/mol. The Morgan fingerprint density at radius 2 is 2.25 bits per heavy atom. The molecular formula is C11H22N4O. The number of ether oxygens (including phenoxy) is 1. The Bertz CT molecular complexity index is 285. The van der Waals surface area contributed by atoms with Crippen molar-refractivity contribution < 1.29 is 4.74 Å². The SMILES string of the molecule is Cc1[nH]cnc1CNCCOCCN(C)C. The van der Waals surface area contributed by atoms with E-state index in [1.165, 1.54) is 0 Å². The van der Waals surface area contributed by atoms with E-state index in [4.69, 9.17) is 4.74 Å². The molecule has 0 aliphatic carbocycles. The number of nitrogens with one attached hydrogen (secondary N) is 2. The van der Waals surface area contributed by atoms with Gasteiger partial charge in [0.15, 0.2) is 0 Å². The maximum atomic E-state index is 5.46. The summed E-state index contributed by atoms with van der Waals surface area (Å²) in [4.78, 5) is 9.37. The lowest BCUT2D eigenvalue weighted by Gasteiger charge is -2.10. The highest BCUT2D eigenvalue weighted by Gasteiger charge is 1.99. The molecule has 5 nitrogen and oxygen atoms in total. The van der Waals surface area contributed by atoms with E-state index >= 15 is 0 Å². The molecule has 0 aromatic carbocycles. The van der Waals surface area contributed by atoms with E-state index in [0.717, 1.165) is 44.2 Å². The Morgan fingerprint density at radius 1 is 1.44 bits per heavy atom. The van der Waals surface area contributed by atoms with Crippen LogP contribution in [0.3, 0.4) is 0 Å². The lowest BCUT2D eigenvalue weighted by molar-refractivity contribution is 0.119. The Balaban J connectivity index is 1.94. The van der Waals surface area contributed by atoms with Crippen molar-refractivity contribution in [1.82, 2.24) is 20.2 Å². The third kappa shape index (κ3) is 5.25. The van der Waals surface area contributed by atoms with Crippen LogP contribution in [0.5, 0.6) is 0 Å². The molecule has 2 N–H and O–H groups in total. The number of hydrogen-bond acceptors (Lipinski definition) is 4. The molecule has 1 aromatic rings. The van der Waals surface area contributed by atoms with Gasteiger partial charge in [-0.15, -0.1) is 0 Å². The van der Waals surface area contributed by atoms with Gasteiger partial charge in [0.1, 0.15) is 0 Å². The van der Waals surface area contributed by atoms with Crippen molar-refractivity contribution in [3.05, 3.63) is 17.7 Å². The van der Waals surface area contributed by atoms with Crippen LogP contribution >= 0.6 is 0 Å². The first-order valence-electron chi connectivity index (χ1n) is 5.62. The predicted octanol–water partition coefficient (Wildman–Crippen LogP) is 0.386. The highest BCUT2D eigenvalue weighted by molar-refractivity contribution is 5.07. The molecule has 0 unspecified atom stereocenters. The van der Waals surface area contributed by atoms with Crippen molar-refractivity contribution in [3.8, 4) is 0 Å². The van der Waals surface area contributed by atoms with Crippen molar-refractivity contribution in [2.75, 3.05) is 40.4 Å². The minimum atomic E-state index is 0.747. The summed E-state index contributed by atoms with van der Waals surface area (Å²) in [5.74, 6) is 0. The Labute approximate surface area is 97.2 Å². The molecule has 5 heteroatoms. The first-order valence-corrected chi connectivity index (χ1v) is 5.62. The number of hydrogen-bond donors (Lipinski definition) is 2. The van der Waals surface area contributed by atoms with E-state index in [2.05, 4.69) is 20.2 Å². The van der Waals surface area contributed by atoms with Crippen molar-refractivity contribution in [2.45, 2.75) is 13.5 Å². The molecule has 0 amide bonds. The number of aromatic nitrogens is 2. The molecule has 0 aliphatic rings. The standard InChI is InChI=1S/C11H22N4O/c1-10-11(14-9-13-10)8-12-4-6-16-7-5-15(2)3/h9,12H,4-8H2,1-3H3,(H,13,14). The molecule has 1 rings (SSSR count). The highest BCUT2D eigenvalue weighted by atomic mass is 16.5. The van der Waals surface area contributed by atoms with Gasteiger partial charge in [0.25, 0.3) is 0 Å². The maximum absolute atomic E-state index is 5.46. The third-order valence-electron chi connectivity index (χ3n) is 2.33. The molecule has 0 radical (unpaired) electrons. The lowest BCUT2D eigenvalue weighted by atomic mass is 10.3. The van der Waals surface area contributed by atoms with Crippen LogP contribution in [0.15, 0.2) is 6.33 Å². The Kier molecular flexibility index (Phi) is 6.07. The first kappa shape index (κ1) is 13.2. The highest BCUT2D eigenvalue weighted by Crippen LogP contribution is 1.98. The monoisotopic (exact) mass is 226 g/mol. The van der Waals surface area contributed by atoms with E-state index in [1.807, 2.05) is 21.0 Å². The van der Waals surface area contributed by atoms with Gasteiger partial charge in [-0.05, 0) is 21.0 Å². The second-order valence-electron chi connectivity index (χ2n) is 4.07. The summed E-state index contributed by atoms with van der Waals surface area (Å²) >= 11 is 0. The molecule has 1 heterocycles. The summed E-state index contributed by atoms with van der Waals surface area (Å²) in [7, 11) is 4.09. The molecule has 0 atom stereocenters. The molecule has 1 aromatic heterocycles. The van der Waals surface area contributed by atoms with Crippen LogP contribution < -0.4 is 5.32 Å². The van der Waals surface area contributed by atoms with E-state index < -0.39 is 0 Å². The summed E-state index contributed by atoms with van der Waals surface area (Å²) < 4.78 is 5.46. The number of aromatic amines is 1. The Morgan fingerprint density at radius 3 is 2.88 bits per heavy atom. The average Bonchev–Trinajstić information content (AvgIpc) is 2.62. The largest absolute Gasteiger partial charge is 0.379 e. The fraction of sp³-hybridized carbons (Fsp3) is 0.727.